The number of cyclic esters (lactones) is 1. The van der Waals surface area contributed by atoms with E-state index in [4.69, 9.17) is 31.5 Å². The quantitative estimate of drug-likeness (QED) is 0.506. The van der Waals surface area contributed by atoms with E-state index in [1.165, 1.54) is 0 Å². The van der Waals surface area contributed by atoms with E-state index in [0.717, 1.165) is 11.1 Å². The smallest absolute Gasteiger partial charge is 0.345 e. The van der Waals surface area contributed by atoms with Crippen molar-refractivity contribution in [1.82, 2.24) is 9.97 Å². The summed E-state index contributed by atoms with van der Waals surface area (Å²) in [5.41, 5.74) is 8.17. The molecule has 0 fully saturated rings. The van der Waals surface area contributed by atoms with Crippen molar-refractivity contribution in [2.45, 2.75) is 26.2 Å². The number of carbonyl (C=O) groups is 1. The van der Waals surface area contributed by atoms with E-state index >= 15 is 0 Å². The Hall–Kier alpha value is -3.32. The van der Waals surface area contributed by atoms with Gasteiger partial charge in [-0.2, -0.15) is 0 Å². The number of anilines is 1. The number of halogens is 1. The maximum atomic E-state index is 12.1. The number of rotatable bonds is 4. The van der Waals surface area contributed by atoms with E-state index in [-0.39, 0.29) is 6.61 Å². The minimum atomic E-state index is -0.986. The Labute approximate surface area is 172 Å². The second kappa shape index (κ2) is 7.25. The summed E-state index contributed by atoms with van der Waals surface area (Å²) in [7, 11) is 0. The molecule has 0 saturated heterocycles. The summed E-state index contributed by atoms with van der Waals surface area (Å²) in [4.78, 5) is 20.8. The minimum absolute atomic E-state index is 0.239. The number of esters is 1. The molecular formula is C21H18ClN3O4. The number of benzene rings is 2. The van der Waals surface area contributed by atoms with Crippen molar-refractivity contribution < 1.29 is 19.0 Å². The van der Waals surface area contributed by atoms with Gasteiger partial charge in [0.2, 0.25) is 5.79 Å². The molecule has 0 unspecified atom stereocenters. The maximum Gasteiger partial charge on any atom is 0.345 e. The van der Waals surface area contributed by atoms with Crippen LogP contribution >= 0.6 is 11.6 Å². The van der Waals surface area contributed by atoms with Crippen molar-refractivity contribution in [2.75, 3.05) is 5.73 Å². The van der Waals surface area contributed by atoms with Gasteiger partial charge < -0.3 is 19.9 Å². The summed E-state index contributed by atoms with van der Waals surface area (Å²) < 4.78 is 16.6. The number of nitrogens with zero attached hydrogens (tertiary/aromatic N) is 2. The summed E-state index contributed by atoms with van der Waals surface area (Å²) >= 11 is 5.94. The highest BCUT2D eigenvalue weighted by atomic mass is 35.5. The highest BCUT2D eigenvalue weighted by molar-refractivity contribution is 6.33. The predicted octanol–water partition coefficient (Wildman–Crippen LogP) is 4.24. The number of hydrogen-bond acceptors (Lipinski definition) is 7. The van der Waals surface area contributed by atoms with Crippen LogP contribution < -0.4 is 15.2 Å². The van der Waals surface area contributed by atoms with Crippen LogP contribution in [0, 0.1) is 0 Å². The summed E-state index contributed by atoms with van der Waals surface area (Å²) in [5, 5.41) is 0.488. The van der Waals surface area contributed by atoms with Crippen LogP contribution in [0.25, 0.3) is 11.4 Å². The lowest BCUT2D eigenvalue weighted by Gasteiger charge is -2.31. The summed E-state index contributed by atoms with van der Waals surface area (Å²) in [5.74, 6) is 0.0810. The first kappa shape index (κ1) is 19.0. The van der Waals surface area contributed by atoms with Crippen LogP contribution in [0.5, 0.6) is 11.5 Å². The lowest BCUT2D eigenvalue weighted by Crippen LogP contribution is -2.38. The molecular weight excluding hydrogens is 394 g/mol. The van der Waals surface area contributed by atoms with Crippen molar-refractivity contribution in [1.29, 1.82) is 0 Å². The maximum absolute atomic E-state index is 12.1. The van der Waals surface area contributed by atoms with Gasteiger partial charge in [-0.25, -0.2) is 14.8 Å². The van der Waals surface area contributed by atoms with Crippen molar-refractivity contribution in [3.05, 3.63) is 64.9 Å². The molecule has 1 aromatic heterocycles. The Morgan fingerprint density at radius 2 is 1.86 bits per heavy atom. The number of aromatic nitrogens is 2. The first-order valence-electron chi connectivity index (χ1n) is 8.86. The first-order chi connectivity index (χ1) is 13.8. The van der Waals surface area contributed by atoms with Gasteiger partial charge in [0.05, 0.1) is 10.7 Å². The Balaban J connectivity index is 1.45. The van der Waals surface area contributed by atoms with E-state index in [2.05, 4.69) is 9.97 Å². The SMILES string of the molecule is CC1(C)OC(=O)c2cc(OCc3cnc(-c4ccc(Cl)c(N)c4)nc3)ccc2O1. The van der Waals surface area contributed by atoms with Gasteiger partial charge in [0.15, 0.2) is 5.82 Å². The Morgan fingerprint density at radius 3 is 2.59 bits per heavy atom. The molecule has 4 rings (SSSR count). The first-order valence-corrected chi connectivity index (χ1v) is 9.24. The Kier molecular flexibility index (Phi) is 4.76. The van der Waals surface area contributed by atoms with Gasteiger partial charge in [0.25, 0.3) is 0 Å². The van der Waals surface area contributed by atoms with Gasteiger partial charge in [-0.05, 0) is 36.4 Å². The van der Waals surface area contributed by atoms with Gasteiger partial charge >= 0.3 is 5.97 Å². The topological polar surface area (TPSA) is 96.6 Å². The fourth-order valence-corrected chi connectivity index (χ4v) is 2.96. The zero-order valence-corrected chi connectivity index (χ0v) is 16.6. The third-order valence-electron chi connectivity index (χ3n) is 4.23. The lowest BCUT2D eigenvalue weighted by atomic mass is 10.1. The lowest BCUT2D eigenvalue weighted by molar-refractivity contribution is -0.127. The molecule has 1 aliphatic heterocycles. The molecule has 0 spiro atoms. The molecule has 2 heterocycles. The van der Waals surface area contributed by atoms with Crippen LogP contribution in [0.2, 0.25) is 5.02 Å². The van der Waals surface area contributed by atoms with Crippen LogP contribution in [0.15, 0.2) is 48.8 Å². The van der Waals surface area contributed by atoms with Crippen molar-refractivity contribution in [3.8, 4) is 22.9 Å². The molecule has 2 aromatic carbocycles. The molecule has 29 heavy (non-hydrogen) atoms. The molecule has 3 aromatic rings. The molecule has 148 valence electrons. The van der Waals surface area contributed by atoms with E-state index in [1.54, 1.807) is 62.6 Å². The highest BCUT2D eigenvalue weighted by Crippen LogP contribution is 2.33. The molecule has 0 saturated carbocycles. The fraction of sp³-hybridized carbons (Fsp3) is 0.190. The molecule has 0 atom stereocenters. The van der Waals surface area contributed by atoms with Gasteiger partial charge in [-0.15, -0.1) is 0 Å². The third-order valence-corrected chi connectivity index (χ3v) is 4.57. The van der Waals surface area contributed by atoms with Crippen molar-refractivity contribution in [3.63, 3.8) is 0 Å². The van der Waals surface area contributed by atoms with Gasteiger partial charge in [0.1, 0.15) is 23.7 Å². The molecule has 0 radical (unpaired) electrons. The van der Waals surface area contributed by atoms with Crippen LogP contribution in [0.4, 0.5) is 5.69 Å². The van der Waals surface area contributed by atoms with E-state index in [0.29, 0.717) is 33.6 Å². The summed E-state index contributed by atoms with van der Waals surface area (Å²) in [6.07, 6.45) is 3.34. The molecule has 0 amide bonds. The Morgan fingerprint density at radius 1 is 1.10 bits per heavy atom. The average molecular weight is 412 g/mol. The molecule has 1 aliphatic rings. The predicted molar refractivity (Wildman–Crippen MR) is 108 cm³/mol. The number of hydrogen-bond donors (Lipinski definition) is 1. The molecule has 2 N–H and O–H groups in total. The number of nitrogens with two attached hydrogens (primary N) is 1. The zero-order valence-electron chi connectivity index (χ0n) is 15.8. The molecule has 0 bridgehead atoms. The van der Waals surface area contributed by atoms with E-state index < -0.39 is 11.8 Å². The van der Waals surface area contributed by atoms with Crippen LogP contribution in [0.3, 0.4) is 0 Å². The van der Waals surface area contributed by atoms with E-state index in [1.807, 2.05) is 0 Å². The minimum Gasteiger partial charge on any atom is -0.489 e. The van der Waals surface area contributed by atoms with Crippen molar-refractivity contribution in [2.24, 2.45) is 0 Å². The monoisotopic (exact) mass is 411 g/mol. The number of carbonyl (C=O) groups excluding carboxylic acids is 1. The second-order valence-electron chi connectivity index (χ2n) is 6.99. The average Bonchev–Trinajstić information content (AvgIpc) is 2.68. The second-order valence-corrected chi connectivity index (χ2v) is 7.40. The van der Waals surface area contributed by atoms with Crippen LogP contribution in [-0.4, -0.2) is 21.7 Å². The largest absolute Gasteiger partial charge is 0.489 e. The number of fused-ring (bicyclic) bond motifs is 1. The Bertz CT molecular complexity index is 1080. The summed E-state index contributed by atoms with van der Waals surface area (Å²) in [6.45, 7) is 3.60. The van der Waals surface area contributed by atoms with E-state index in [9.17, 15) is 4.79 Å². The normalized spacial score (nSPS) is 14.5. The zero-order chi connectivity index (χ0) is 20.6. The summed E-state index contributed by atoms with van der Waals surface area (Å²) in [6, 6.07) is 10.3. The fourth-order valence-electron chi connectivity index (χ4n) is 2.84. The highest BCUT2D eigenvalue weighted by Gasteiger charge is 2.34. The van der Waals surface area contributed by atoms with Crippen LogP contribution in [0.1, 0.15) is 29.8 Å². The number of ether oxygens (including phenoxy) is 3. The molecule has 8 heteroatoms. The van der Waals surface area contributed by atoms with Crippen LogP contribution in [-0.2, 0) is 11.3 Å². The van der Waals surface area contributed by atoms with Crippen molar-refractivity contribution >= 4 is 23.3 Å². The third kappa shape index (κ3) is 4.09. The molecule has 0 aliphatic carbocycles. The standard InChI is InChI=1S/C21H18ClN3O4/c1-21(2)28-18-6-4-14(8-15(18)20(26)29-21)27-11-12-9-24-19(25-10-12)13-3-5-16(22)17(23)7-13/h3-10H,11,23H2,1-2H3. The number of nitrogen functional groups attached to an aromatic ring is 1. The molecule has 7 nitrogen and oxygen atoms in total. The van der Waals surface area contributed by atoms with Gasteiger partial charge in [-0.1, -0.05) is 11.6 Å². The van der Waals surface area contributed by atoms with Gasteiger partial charge in [0, 0.05) is 37.4 Å². The van der Waals surface area contributed by atoms with Gasteiger partial charge in [-0.3, -0.25) is 0 Å².